The van der Waals surface area contributed by atoms with Crippen molar-refractivity contribution < 1.29 is 23.9 Å². The maximum absolute atomic E-state index is 12.5. The zero-order chi connectivity index (χ0) is 18.6. The molecule has 2 aliphatic carbocycles. The lowest BCUT2D eigenvalue weighted by Crippen LogP contribution is -2.39. The van der Waals surface area contributed by atoms with Crippen LogP contribution in [-0.4, -0.2) is 35.4 Å². The van der Waals surface area contributed by atoms with Crippen molar-refractivity contribution in [3.63, 3.8) is 0 Å². The molecule has 1 saturated heterocycles. The maximum atomic E-state index is 12.5. The molecule has 1 aromatic rings. The third-order valence-electron chi connectivity index (χ3n) is 5.34. The summed E-state index contributed by atoms with van der Waals surface area (Å²) in [5.74, 6) is -2.42. The lowest BCUT2D eigenvalue weighted by Gasteiger charge is -2.26. The molecule has 0 aromatic heterocycles. The molecule has 1 aromatic carbocycles. The van der Waals surface area contributed by atoms with Crippen LogP contribution in [0.25, 0.3) is 0 Å². The van der Waals surface area contributed by atoms with Gasteiger partial charge in [-0.2, -0.15) is 0 Å². The van der Waals surface area contributed by atoms with Crippen molar-refractivity contribution in [2.24, 2.45) is 23.7 Å². The molecule has 3 aliphatic rings. The highest BCUT2D eigenvalue weighted by Crippen LogP contribution is 2.60. The Bertz CT molecular complexity index is 803. The van der Waals surface area contributed by atoms with Crippen LogP contribution in [0.3, 0.4) is 0 Å². The van der Waals surface area contributed by atoms with Gasteiger partial charge in [-0.1, -0.05) is 39.1 Å². The number of rotatable bonds is 4. The number of benzene rings is 1. The molecule has 0 radical (unpaired) electrons. The van der Waals surface area contributed by atoms with E-state index in [1.54, 1.807) is 12.1 Å². The van der Waals surface area contributed by atoms with E-state index < -0.39 is 30.3 Å². The van der Waals surface area contributed by atoms with E-state index in [0.29, 0.717) is 15.7 Å². The smallest absolute Gasteiger partial charge is 0.310 e. The van der Waals surface area contributed by atoms with Gasteiger partial charge < -0.3 is 14.8 Å². The van der Waals surface area contributed by atoms with Crippen molar-refractivity contribution in [1.82, 2.24) is 0 Å². The van der Waals surface area contributed by atoms with Gasteiger partial charge in [0.2, 0.25) is 0 Å². The Hall–Kier alpha value is -1.31. The number of alkyl halides is 1. The molecular weight excluding hydrogens is 449 g/mol. The topological polar surface area (TPSA) is 81.7 Å². The second kappa shape index (κ2) is 6.69. The number of hydrogen-bond acceptors (Lipinski definition) is 5. The standard InChI is InChI=1S/C17H14BrCl2NO5/c18-14-7-4-8-13(17(24)26-15(8)14)12(7)16(23)25-5-11(22)21-10-3-6(19)1-2-9(10)20/h1-3,7-8,12-15H,4-5H2,(H,21,22)/t7-,8-,12-,13-,14+,15+/m1/s1. The molecule has 1 N–H and O–H groups in total. The number of anilines is 1. The van der Waals surface area contributed by atoms with Crippen LogP contribution in [0, 0.1) is 23.7 Å². The zero-order valence-corrected chi connectivity index (χ0v) is 16.4. The molecule has 4 rings (SSSR count). The summed E-state index contributed by atoms with van der Waals surface area (Å²) in [4.78, 5) is 36.6. The maximum Gasteiger partial charge on any atom is 0.310 e. The Morgan fingerprint density at radius 3 is 2.85 bits per heavy atom. The summed E-state index contributed by atoms with van der Waals surface area (Å²) in [5, 5.41) is 3.29. The Kier molecular flexibility index (Phi) is 4.65. The molecular formula is C17H14BrCl2NO5. The first-order valence-corrected chi connectivity index (χ1v) is 9.80. The van der Waals surface area contributed by atoms with E-state index in [0.717, 1.165) is 6.42 Å². The van der Waals surface area contributed by atoms with Crippen molar-refractivity contribution in [1.29, 1.82) is 0 Å². The van der Waals surface area contributed by atoms with E-state index in [1.807, 2.05) is 0 Å². The number of fused-ring (bicyclic) bond motifs is 1. The van der Waals surface area contributed by atoms with Crippen molar-refractivity contribution in [3.8, 4) is 0 Å². The summed E-state index contributed by atoms with van der Waals surface area (Å²) in [7, 11) is 0. The summed E-state index contributed by atoms with van der Waals surface area (Å²) >= 11 is 15.4. The Morgan fingerprint density at radius 2 is 2.08 bits per heavy atom. The third kappa shape index (κ3) is 2.90. The molecule has 0 unspecified atom stereocenters. The summed E-state index contributed by atoms with van der Waals surface area (Å²) < 4.78 is 10.5. The number of amides is 1. The molecule has 2 bridgehead atoms. The van der Waals surface area contributed by atoms with Crippen molar-refractivity contribution >= 4 is 62.7 Å². The van der Waals surface area contributed by atoms with Crippen molar-refractivity contribution in [2.75, 3.05) is 11.9 Å². The monoisotopic (exact) mass is 461 g/mol. The zero-order valence-electron chi connectivity index (χ0n) is 13.3. The van der Waals surface area contributed by atoms with Gasteiger partial charge in [-0.15, -0.1) is 0 Å². The van der Waals surface area contributed by atoms with Gasteiger partial charge in [0.1, 0.15) is 6.10 Å². The SMILES string of the molecule is O=C(COC(=O)[C@@H]1[C@H]2C[C@H]3[C@H](OC(=O)[C@H]31)[C@H]2Br)Nc1cc(Cl)ccc1Cl. The molecule has 138 valence electrons. The first-order valence-electron chi connectivity index (χ1n) is 8.13. The van der Waals surface area contributed by atoms with Gasteiger partial charge in [0.25, 0.3) is 5.91 Å². The van der Waals surface area contributed by atoms with Gasteiger partial charge in [0, 0.05) is 10.9 Å². The van der Waals surface area contributed by atoms with Crippen LogP contribution in [0.2, 0.25) is 10.0 Å². The van der Waals surface area contributed by atoms with Gasteiger partial charge in [0.05, 0.1) is 27.4 Å². The lowest BCUT2D eigenvalue weighted by atomic mass is 9.80. The second-order valence-electron chi connectivity index (χ2n) is 6.74. The van der Waals surface area contributed by atoms with Gasteiger partial charge in [-0.05, 0) is 30.5 Å². The minimum absolute atomic E-state index is 0.0145. The van der Waals surface area contributed by atoms with E-state index in [-0.39, 0.29) is 28.7 Å². The minimum Gasteiger partial charge on any atom is -0.461 e. The molecule has 6 nitrogen and oxygen atoms in total. The first-order chi connectivity index (χ1) is 12.4. The van der Waals surface area contributed by atoms with Crippen LogP contribution < -0.4 is 5.32 Å². The van der Waals surface area contributed by atoms with E-state index >= 15 is 0 Å². The molecule has 0 spiro atoms. The molecule has 6 atom stereocenters. The van der Waals surface area contributed by atoms with Crippen LogP contribution in [0.1, 0.15) is 6.42 Å². The van der Waals surface area contributed by atoms with Crippen LogP contribution in [0.4, 0.5) is 5.69 Å². The third-order valence-corrected chi connectivity index (χ3v) is 7.11. The highest BCUT2D eigenvalue weighted by molar-refractivity contribution is 9.09. The second-order valence-corrected chi connectivity index (χ2v) is 8.64. The molecule has 1 heterocycles. The number of carbonyl (C=O) groups is 3. The van der Waals surface area contributed by atoms with Crippen LogP contribution >= 0.6 is 39.1 Å². The van der Waals surface area contributed by atoms with Crippen LogP contribution in [0.5, 0.6) is 0 Å². The highest BCUT2D eigenvalue weighted by Gasteiger charge is 2.68. The Morgan fingerprint density at radius 1 is 1.31 bits per heavy atom. The van der Waals surface area contributed by atoms with Gasteiger partial charge in [-0.25, -0.2) is 0 Å². The fourth-order valence-electron chi connectivity index (χ4n) is 4.31. The quantitative estimate of drug-likeness (QED) is 0.549. The number of halogens is 3. The molecule has 2 saturated carbocycles. The molecule has 3 fully saturated rings. The average Bonchev–Trinajstić information content (AvgIpc) is 3.20. The van der Waals surface area contributed by atoms with E-state index in [4.69, 9.17) is 32.7 Å². The van der Waals surface area contributed by atoms with E-state index in [1.165, 1.54) is 6.07 Å². The molecule has 26 heavy (non-hydrogen) atoms. The minimum atomic E-state index is -0.571. The number of nitrogens with one attached hydrogen (secondary N) is 1. The first kappa shape index (κ1) is 18.1. The predicted octanol–water partition coefficient (Wildman–Crippen LogP) is 3.05. The van der Waals surface area contributed by atoms with Gasteiger partial charge >= 0.3 is 11.9 Å². The van der Waals surface area contributed by atoms with Crippen LogP contribution in [-0.2, 0) is 23.9 Å². The normalized spacial score (nSPS) is 33.9. The fourth-order valence-corrected chi connectivity index (χ4v) is 5.69. The van der Waals surface area contributed by atoms with E-state index in [2.05, 4.69) is 21.2 Å². The molecule has 1 amide bonds. The summed E-state index contributed by atoms with van der Waals surface area (Å²) in [6.07, 6.45) is 0.593. The highest BCUT2D eigenvalue weighted by atomic mass is 79.9. The summed E-state index contributed by atoms with van der Waals surface area (Å²) in [6, 6.07) is 4.65. The summed E-state index contributed by atoms with van der Waals surface area (Å²) in [6.45, 7) is -0.465. The average molecular weight is 463 g/mol. The lowest BCUT2D eigenvalue weighted by molar-refractivity contribution is -0.157. The number of carbonyl (C=O) groups excluding carboxylic acids is 3. The number of ether oxygens (including phenoxy) is 2. The number of esters is 2. The number of hydrogen-bond donors (Lipinski definition) is 1. The Labute approximate surface area is 167 Å². The largest absolute Gasteiger partial charge is 0.461 e. The van der Waals surface area contributed by atoms with Crippen molar-refractivity contribution in [3.05, 3.63) is 28.2 Å². The van der Waals surface area contributed by atoms with Crippen LogP contribution in [0.15, 0.2) is 18.2 Å². The molecule has 9 heteroatoms. The Balaban J connectivity index is 1.38. The van der Waals surface area contributed by atoms with E-state index in [9.17, 15) is 14.4 Å². The molecule has 1 aliphatic heterocycles. The van der Waals surface area contributed by atoms with Gasteiger partial charge in [0.15, 0.2) is 6.61 Å². The van der Waals surface area contributed by atoms with Crippen molar-refractivity contribution in [2.45, 2.75) is 17.4 Å². The summed E-state index contributed by atoms with van der Waals surface area (Å²) in [5.41, 5.74) is 0.336. The van der Waals surface area contributed by atoms with Gasteiger partial charge in [-0.3, -0.25) is 14.4 Å². The predicted molar refractivity (Wildman–Crippen MR) is 97.2 cm³/mol. The fraction of sp³-hybridized carbons (Fsp3) is 0.471.